The van der Waals surface area contributed by atoms with Gasteiger partial charge in [-0.1, -0.05) is 36.4 Å². The molecule has 4 nitrogen and oxygen atoms in total. The maximum atomic E-state index is 12.0. The second kappa shape index (κ2) is 6.81. The lowest BCUT2D eigenvalue weighted by molar-refractivity contribution is -0.111. The van der Waals surface area contributed by atoms with Crippen molar-refractivity contribution < 1.29 is 14.7 Å². The molecule has 0 aromatic heterocycles. The zero-order valence-corrected chi connectivity index (χ0v) is 13.5. The topological polar surface area (TPSA) is 57.6 Å². The van der Waals surface area contributed by atoms with E-state index in [-0.39, 0.29) is 6.61 Å². The van der Waals surface area contributed by atoms with Crippen molar-refractivity contribution in [1.82, 2.24) is 0 Å². The molecular weight excluding hydrogens is 302 g/mol. The van der Waals surface area contributed by atoms with Crippen molar-refractivity contribution in [2.24, 2.45) is 0 Å². The normalized spacial score (nSPS) is 13.5. The van der Waals surface area contributed by atoms with E-state index in [1.54, 1.807) is 12.1 Å². The molecule has 3 rings (SSSR count). The summed E-state index contributed by atoms with van der Waals surface area (Å²) in [5.41, 5.74) is 3.93. The second-order valence-corrected chi connectivity index (χ2v) is 5.65. The summed E-state index contributed by atoms with van der Waals surface area (Å²) < 4.78 is 0. The molecule has 0 spiro atoms. The van der Waals surface area contributed by atoms with Crippen molar-refractivity contribution in [2.75, 3.05) is 24.6 Å². The van der Waals surface area contributed by atoms with Crippen LogP contribution in [0.2, 0.25) is 0 Å². The van der Waals surface area contributed by atoms with Crippen molar-refractivity contribution in [2.45, 2.75) is 6.92 Å². The van der Waals surface area contributed by atoms with Crippen LogP contribution in [0.15, 0.2) is 54.6 Å². The van der Waals surface area contributed by atoms with Crippen LogP contribution < -0.4 is 4.90 Å². The summed E-state index contributed by atoms with van der Waals surface area (Å²) in [6.45, 7) is 3.52. The van der Waals surface area contributed by atoms with Gasteiger partial charge in [0.05, 0.1) is 6.61 Å². The lowest BCUT2D eigenvalue weighted by atomic mass is 9.86. The van der Waals surface area contributed by atoms with E-state index in [4.69, 9.17) is 5.11 Å². The van der Waals surface area contributed by atoms with Crippen molar-refractivity contribution in [3.8, 4) is 0 Å². The number of aliphatic hydroxyl groups excluding tert-OH is 1. The van der Waals surface area contributed by atoms with Crippen molar-refractivity contribution in [3.05, 3.63) is 71.3 Å². The molecule has 122 valence electrons. The van der Waals surface area contributed by atoms with Gasteiger partial charge in [0.1, 0.15) is 0 Å². The number of hydrogen-bond acceptors (Lipinski definition) is 4. The molecule has 1 aliphatic carbocycles. The number of allylic oxidation sites excluding steroid dienone is 1. The van der Waals surface area contributed by atoms with Crippen molar-refractivity contribution >= 4 is 22.8 Å². The van der Waals surface area contributed by atoms with E-state index >= 15 is 0 Å². The van der Waals surface area contributed by atoms with Crippen LogP contribution >= 0.6 is 0 Å². The number of ketones is 2. The molecule has 4 heteroatoms. The molecule has 2 aromatic carbocycles. The van der Waals surface area contributed by atoms with E-state index in [9.17, 15) is 9.59 Å². The van der Waals surface area contributed by atoms with Gasteiger partial charge >= 0.3 is 0 Å². The molecule has 2 aromatic rings. The molecule has 24 heavy (non-hydrogen) atoms. The van der Waals surface area contributed by atoms with Crippen LogP contribution in [0.3, 0.4) is 0 Å². The maximum Gasteiger partial charge on any atom is 0.233 e. The maximum absolute atomic E-state index is 12.0. The number of carbonyl (C=O) groups excluding carboxylic acids is 2. The number of aliphatic hydroxyl groups is 1. The molecule has 0 heterocycles. The van der Waals surface area contributed by atoms with Crippen LogP contribution in [-0.2, 0) is 4.79 Å². The smallest absolute Gasteiger partial charge is 0.233 e. The van der Waals surface area contributed by atoms with Crippen molar-refractivity contribution in [3.63, 3.8) is 0 Å². The molecule has 0 unspecified atom stereocenters. The third-order valence-electron chi connectivity index (χ3n) is 4.26. The summed E-state index contributed by atoms with van der Waals surface area (Å²) in [7, 11) is 0. The van der Waals surface area contributed by atoms with Gasteiger partial charge in [-0.15, -0.1) is 0 Å². The summed E-state index contributed by atoms with van der Waals surface area (Å²) in [6.07, 6.45) is 1.42. The van der Waals surface area contributed by atoms with Crippen LogP contribution in [-0.4, -0.2) is 36.4 Å². The summed E-state index contributed by atoms with van der Waals surface area (Å²) in [5.74, 6) is -0.936. The van der Waals surface area contributed by atoms with Gasteiger partial charge < -0.3 is 10.0 Å². The first-order valence-corrected chi connectivity index (χ1v) is 8.01. The fourth-order valence-corrected chi connectivity index (χ4v) is 3.00. The minimum Gasteiger partial charge on any atom is -0.395 e. The van der Waals surface area contributed by atoms with Crippen molar-refractivity contribution in [1.29, 1.82) is 0 Å². The molecule has 0 bridgehead atoms. The Labute approximate surface area is 141 Å². The first-order valence-electron chi connectivity index (χ1n) is 8.01. The Hall–Kier alpha value is -2.72. The number of Topliss-reactive ketones (excluding diaryl/α,β-unsaturated/α-hetero) is 1. The third-order valence-corrected chi connectivity index (χ3v) is 4.26. The number of benzene rings is 2. The second-order valence-electron chi connectivity index (χ2n) is 5.65. The number of nitrogens with zero attached hydrogens (tertiary/aromatic N) is 1. The first-order chi connectivity index (χ1) is 11.7. The van der Waals surface area contributed by atoms with E-state index in [1.165, 1.54) is 6.08 Å². The fourth-order valence-electron chi connectivity index (χ4n) is 3.00. The predicted octanol–water partition coefficient (Wildman–Crippen LogP) is 2.70. The Morgan fingerprint density at radius 1 is 0.958 bits per heavy atom. The molecule has 0 saturated heterocycles. The van der Waals surface area contributed by atoms with E-state index in [2.05, 4.69) is 4.90 Å². The lowest BCUT2D eigenvalue weighted by Crippen LogP contribution is -2.26. The summed E-state index contributed by atoms with van der Waals surface area (Å²) in [5, 5.41) is 9.13. The highest BCUT2D eigenvalue weighted by molar-refractivity contribution is 6.51. The highest BCUT2D eigenvalue weighted by atomic mass is 16.3. The van der Waals surface area contributed by atoms with Gasteiger partial charge in [0.15, 0.2) is 0 Å². The number of rotatable bonds is 5. The molecule has 0 saturated carbocycles. The number of fused-ring (bicyclic) bond motifs is 1. The van der Waals surface area contributed by atoms with E-state index in [1.807, 2.05) is 43.3 Å². The molecular formula is C20H19NO3. The van der Waals surface area contributed by atoms with Crippen LogP contribution in [0.4, 0.5) is 5.69 Å². The monoisotopic (exact) mass is 321 g/mol. The van der Waals surface area contributed by atoms with Gasteiger partial charge in [-0.05, 0) is 41.8 Å². The Kier molecular flexibility index (Phi) is 4.58. The third kappa shape index (κ3) is 2.88. The fraction of sp³-hybridized carbons (Fsp3) is 0.200. The SMILES string of the molecule is CCN(CCO)c1ccc(C2=CC(=O)C(=O)c3ccccc32)cc1. The molecule has 1 aliphatic rings. The van der Waals surface area contributed by atoms with E-state index in [0.29, 0.717) is 12.1 Å². The molecule has 0 amide bonds. The van der Waals surface area contributed by atoms with E-state index in [0.717, 1.165) is 28.9 Å². The zero-order valence-electron chi connectivity index (χ0n) is 13.5. The van der Waals surface area contributed by atoms with Crippen LogP contribution in [0.1, 0.15) is 28.4 Å². The standard InChI is InChI=1S/C20H19NO3/c1-2-21(11-12-22)15-9-7-14(8-10-15)18-13-19(23)20(24)17-6-4-3-5-16(17)18/h3-10,13,22H,2,11-12H2,1H3. The lowest BCUT2D eigenvalue weighted by Gasteiger charge is -2.23. The first kappa shape index (κ1) is 16.1. The minimum atomic E-state index is -0.483. The highest BCUT2D eigenvalue weighted by Gasteiger charge is 2.25. The molecule has 0 radical (unpaired) electrons. The molecule has 1 N–H and O–H groups in total. The molecule has 0 aliphatic heterocycles. The van der Waals surface area contributed by atoms with Crippen LogP contribution in [0.5, 0.6) is 0 Å². The Balaban J connectivity index is 1.99. The largest absolute Gasteiger partial charge is 0.395 e. The van der Waals surface area contributed by atoms with Crippen LogP contribution in [0.25, 0.3) is 5.57 Å². The van der Waals surface area contributed by atoms with Gasteiger partial charge in [-0.2, -0.15) is 0 Å². The summed E-state index contributed by atoms with van der Waals surface area (Å²) in [6, 6.07) is 15.0. The quantitative estimate of drug-likeness (QED) is 0.860. The summed E-state index contributed by atoms with van der Waals surface area (Å²) >= 11 is 0. The minimum absolute atomic E-state index is 0.102. The Morgan fingerprint density at radius 2 is 1.62 bits per heavy atom. The van der Waals surface area contributed by atoms with Crippen LogP contribution in [0, 0.1) is 0 Å². The average molecular weight is 321 g/mol. The number of anilines is 1. The van der Waals surface area contributed by atoms with Gasteiger partial charge in [-0.25, -0.2) is 0 Å². The number of carbonyl (C=O) groups is 2. The zero-order chi connectivity index (χ0) is 17.1. The summed E-state index contributed by atoms with van der Waals surface area (Å²) in [4.78, 5) is 26.1. The van der Waals surface area contributed by atoms with Gasteiger partial charge in [0.2, 0.25) is 11.6 Å². The van der Waals surface area contributed by atoms with Gasteiger partial charge in [0, 0.05) is 24.3 Å². The predicted molar refractivity (Wildman–Crippen MR) is 94.3 cm³/mol. The van der Waals surface area contributed by atoms with Gasteiger partial charge in [-0.3, -0.25) is 9.59 Å². The Morgan fingerprint density at radius 3 is 2.25 bits per heavy atom. The number of hydrogen-bond donors (Lipinski definition) is 1. The highest BCUT2D eigenvalue weighted by Crippen LogP contribution is 2.31. The van der Waals surface area contributed by atoms with E-state index < -0.39 is 11.6 Å². The molecule has 0 fully saturated rings. The number of likely N-dealkylation sites (N-methyl/N-ethyl adjacent to an activating group) is 1. The Bertz CT molecular complexity index is 806. The van der Waals surface area contributed by atoms with Gasteiger partial charge in [0.25, 0.3) is 0 Å². The molecule has 0 atom stereocenters. The average Bonchev–Trinajstić information content (AvgIpc) is 2.63.